The third kappa shape index (κ3) is 3.91. The molecular formula is C2H4BrNO2. The van der Waals surface area contributed by atoms with Crippen molar-refractivity contribution in [2.24, 2.45) is 0 Å². The molecule has 0 atom stereocenters. The number of nitrogens with one attached hydrogen (secondary N) is 1. The monoisotopic (exact) mass is 153 g/mol. The molecule has 6 heavy (non-hydrogen) atoms. The molecule has 0 saturated carbocycles. The van der Waals surface area contributed by atoms with E-state index in [9.17, 15) is 4.79 Å². The summed E-state index contributed by atoms with van der Waals surface area (Å²) in [5, 5.41) is 7.82. The lowest BCUT2D eigenvalue weighted by atomic mass is 10.7. The molecule has 0 fully saturated rings. The standard InChI is InChI=1S/C2H4BrNO2/c3-4-1-2(5)6/h4H,1H2,(H,5,6). The van der Waals surface area contributed by atoms with Gasteiger partial charge in [-0.2, -0.15) is 0 Å². The van der Waals surface area contributed by atoms with Crippen molar-refractivity contribution in [3.05, 3.63) is 0 Å². The van der Waals surface area contributed by atoms with Crippen LogP contribution in [0.4, 0.5) is 0 Å². The molecule has 0 aliphatic heterocycles. The second kappa shape index (κ2) is 3.11. The molecule has 0 bridgehead atoms. The first-order valence-electron chi connectivity index (χ1n) is 1.32. The minimum absolute atomic E-state index is 0.0417. The molecule has 0 rings (SSSR count). The largest absolute Gasteiger partial charge is 0.480 e. The highest BCUT2D eigenvalue weighted by atomic mass is 79.9. The van der Waals surface area contributed by atoms with Crippen LogP contribution in [0, 0.1) is 0 Å². The second-order valence-electron chi connectivity index (χ2n) is 0.704. The predicted molar refractivity (Wildman–Crippen MR) is 24.6 cm³/mol. The van der Waals surface area contributed by atoms with E-state index in [0.717, 1.165) is 0 Å². The average Bonchev–Trinajstić information content (AvgIpc) is 1.35. The van der Waals surface area contributed by atoms with E-state index in [4.69, 9.17) is 5.11 Å². The van der Waals surface area contributed by atoms with Crippen LogP contribution in [0.1, 0.15) is 0 Å². The van der Waals surface area contributed by atoms with Crippen LogP contribution in [0.3, 0.4) is 0 Å². The average molecular weight is 154 g/mol. The minimum atomic E-state index is -0.869. The number of hydrogen-bond acceptors (Lipinski definition) is 2. The van der Waals surface area contributed by atoms with E-state index < -0.39 is 5.97 Å². The molecule has 0 aliphatic rings. The molecule has 0 spiro atoms. The maximum absolute atomic E-state index is 9.51. The van der Waals surface area contributed by atoms with Gasteiger partial charge in [-0.15, -0.1) is 0 Å². The van der Waals surface area contributed by atoms with Gasteiger partial charge in [0.25, 0.3) is 0 Å². The van der Waals surface area contributed by atoms with Crippen molar-refractivity contribution in [1.29, 1.82) is 0 Å². The molecule has 0 amide bonds. The molecule has 0 aromatic rings. The summed E-state index contributed by atoms with van der Waals surface area (Å²) in [7, 11) is 0. The summed E-state index contributed by atoms with van der Waals surface area (Å²) >= 11 is 2.72. The first-order chi connectivity index (χ1) is 2.77. The molecule has 0 aromatic carbocycles. The fourth-order valence-corrected chi connectivity index (χ4v) is 0.297. The van der Waals surface area contributed by atoms with Crippen molar-refractivity contribution in [2.45, 2.75) is 0 Å². The van der Waals surface area contributed by atoms with Crippen LogP contribution in [0.25, 0.3) is 0 Å². The maximum atomic E-state index is 9.51. The molecule has 2 N–H and O–H groups in total. The van der Waals surface area contributed by atoms with E-state index >= 15 is 0 Å². The maximum Gasteiger partial charge on any atom is 0.318 e. The first-order valence-corrected chi connectivity index (χ1v) is 2.12. The Kier molecular flexibility index (Phi) is 3.07. The van der Waals surface area contributed by atoms with Gasteiger partial charge >= 0.3 is 5.97 Å². The summed E-state index contributed by atoms with van der Waals surface area (Å²) in [4.78, 5) is 9.51. The summed E-state index contributed by atoms with van der Waals surface area (Å²) in [6.45, 7) is -0.0417. The van der Waals surface area contributed by atoms with Gasteiger partial charge in [0.1, 0.15) is 6.54 Å². The zero-order chi connectivity index (χ0) is 4.99. The number of carboxylic acid groups (broad SMARTS) is 1. The zero-order valence-electron chi connectivity index (χ0n) is 2.94. The van der Waals surface area contributed by atoms with Gasteiger partial charge < -0.3 is 5.11 Å². The van der Waals surface area contributed by atoms with E-state index in [1.807, 2.05) is 0 Å². The molecular weight excluding hydrogens is 150 g/mol. The predicted octanol–water partition coefficient (Wildman–Crippen LogP) is -0.0295. The summed E-state index contributed by atoms with van der Waals surface area (Å²) < 4.78 is 2.28. The van der Waals surface area contributed by atoms with E-state index in [1.165, 1.54) is 0 Å². The van der Waals surface area contributed by atoms with Crippen molar-refractivity contribution in [3.63, 3.8) is 0 Å². The Morgan fingerprint density at radius 3 is 2.50 bits per heavy atom. The van der Waals surface area contributed by atoms with Crippen molar-refractivity contribution >= 4 is 22.1 Å². The zero-order valence-corrected chi connectivity index (χ0v) is 4.53. The quantitative estimate of drug-likeness (QED) is 0.549. The molecule has 3 nitrogen and oxygen atoms in total. The van der Waals surface area contributed by atoms with Crippen molar-refractivity contribution in [3.8, 4) is 0 Å². The number of carboxylic acids is 1. The lowest BCUT2D eigenvalue weighted by Crippen LogP contribution is -2.11. The Hall–Kier alpha value is -0.0900. The lowest BCUT2D eigenvalue weighted by Gasteiger charge is -1.81. The van der Waals surface area contributed by atoms with Crippen LogP contribution in [-0.2, 0) is 4.79 Å². The Morgan fingerprint density at radius 2 is 2.50 bits per heavy atom. The highest BCUT2D eigenvalue weighted by Crippen LogP contribution is 1.63. The second-order valence-corrected chi connectivity index (χ2v) is 1.26. The van der Waals surface area contributed by atoms with Crippen LogP contribution < -0.4 is 4.34 Å². The third-order valence-electron chi connectivity index (χ3n) is 0.218. The topological polar surface area (TPSA) is 49.3 Å². The van der Waals surface area contributed by atoms with Crippen LogP contribution >= 0.6 is 16.1 Å². The summed E-state index contributed by atoms with van der Waals surface area (Å²) in [5.41, 5.74) is 0. The number of aliphatic carboxylic acids is 1. The number of halogens is 1. The van der Waals surface area contributed by atoms with Crippen LogP contribution in [-0.4, -0.2) is 17.6 Å². The van der Waals surface area contributed by atoms with Gasteiger partial charge in [0.05, 0.1) is 0 Å². The van der Waals surface area contributed by atoms with Gasteiger partial charge in [0, 0.05) is 16.1 Å². The number of hydrogen-bond donors (Lipinski definition) is 2. The normalized spacial score (nSPS) is 8.17. The van der Waals surface area contributed by atoms with Crippen molar-refractivity contribution in [2.75, 3.05) is 6.54 Å². The molecule has 0 aromatic heterocycles. The Labute approximate surface area is 43.7 Å². The summed E-state index contributed by atoms with van der Waals surface area (Å²) in [6.07, 6.45) is 0. The Morgan fingerprint density at radius 1 is 2.00 bits per heavy atom. The lowest BCUT2D eigenvalue weighted by molar-refractivity contribution is -0.135. The summed E-state index contributed by atoms with van der Waals surface area (Å²) in [6, 6.07) is 0. The van der Waals surface area contributed by atoms with Gasteiger partial charge in [0.2, 0.25) is 0 Å². The van der Waals surface area contributed by atoms with Crippen LogP contribution in [0.15, 0.2) is 0 Å². The van der Waals surface area contributed by atoms with Crippen LogP contribution in [0.5, 0.6) is 0 Å². The summed E-state index contributed by atoms with van der Waals surface area (Å²) in [5.74, 6) is -0.869. The van der Waals surface area contributed by atoms with Crippen LogP contribution in [0.2, 0.25) is 0 Å². The Bertz CT molecular complexity index is 55.5. The molecule has 0 heterocycles. The molecule has 36 valence electrons. The molecule has 0 unspecified atom stereocenters. The van der Waals surface area contributed by atoms with Crippen molar-refractivity contribution < 1.29 is 9.90 Å². The highest BCUT2D eigenvalue weighted by Gasteiger charge is 1.87. The highest BCUT2D eigenvalue weighted by molar-refractivity contribution is 9.08. The molecule has 0 radical (unpaired) electrons. The molecule has 0 aliphatic carbocycles. The number of carbonyl (C=O) groups is 1. The van der Waals surface area contributed by atoms with Gasteiger partial charge in [-0.05, 0) is 0 Å². The number of rotatable bonds is 2. The fraction of sp³-hybridized carbons (Fsp3) is 0.500. The molecule has 4 heteroatoms. The SMILES string of the molecule is O=C(O)CNBr. The molecule has 0 saturated heterocycles. The Balaban J connectivity index is 2.83. The van der Waals surface area contributed by atoms with Gasteiger partial charge in [0.15, 0.2) is 0 Å². The van der Waals surface area contributed by atoms with E-state index in [0.29, 0.717) is 0 Å². The van der Waals surface area contributed by atoms with E-state index in [2.05, 4.69) is 20.5 Å². The van der Waals surface area contributed by atoms with Gasteiger partial charge in [-0.25, -0.2) is 4.34 Å². The van der Waals surface area contributed by atoms with E-state index in [-0.39, 0.29) is 6.54 Å². The van der Waals surface area contributed by atoms with E-state index in [1.54, 1.807) is 0 Å². The minimum Gasteiger partial charge on any atom is -0.480 e. The van der Waals surface area contributed by atoms with Gasteiger partial charge in [-0.3, -0.25) is 4.79 Å². The van der Waals surface area contributed by atoms with Gasteiger partial charge in [-0.1, -0.05) is 0 Å². The fourth-order valence-electron chi connectivity index (χ4n) is 0.0572. The third-order valence-corrected chi connectivity index (χ3v) is 0.498. The first kappa shape index (κ1) is 5.91. The van der Waals surface area contributed by atoms with Crippen molar-refractivity contribution in [1.82, 2.24) is 4.34 Å². The smallest absolute Gasteiger partial charge is 0.318 e.